The summed E-state index contributed by atoms with van der Waals surface area (Å²) < 4.78 is 0. The van der Waals surface area contributed by atoms with Crippen LogP contribution < -0.4 is 0 Å². The Morgan fingerprint density at radius 1 is 1.00 bits per heavy atom. The third kappa shape index (κ3) is 1.68. The molecule has 0 radical (unpaired) electrons. The molecule has 1 aliphatic carbocycles. The number of hydrogen-bond donors (Lipinski definition) is 0. The van der Waals surface area contributed by atoms with Gasteiger partial charge in [-0.05, 0) is 18.1 Å². The molecular formula is C18H14O. The zero-order valence-corrected chi connectivity index (χ0v) is 10.9. The SMILES string of the molecule is C=C=C1c2ccccc2C(=O)c2ccc(CC)cc21. The van der Waals surface area contributed by atoms with Crippen LogP contribution in [0.3, 0.4) is 0 Å². The molecule has 0 spiro atoms. The van der Waals surface area contributed by atoms with Crippen LogP contribution in [0, 0.1) is 0 Å². The molecule has 0 aliphatic heterocycles. The molecular weight excluding hydrogens is 232 g/mol. The van der Waals surface area contributed by atoms with Crippen molar-refractivity contribution in [1.82, 2.24) is 0 Å². The van der Waals surface area contributed by atoms with Crippen LogP contribution in [-0.4, -0.2) is 5.78 Å². The number of benzene rings is 2. The van der Waals surface area contributed by atoms with E-state index in [9.17, 15) is 4.79 Å². The summed E-state index contributed by atoms with van der Waals surface area (Å²) in [6, 6.07) is 13.7. The summed E-state index contributed by atoms with van der Waals surface area (Å²) in [6.45, 7) is 5.90. The molecule has 0 saturated carbocycles. The normalized spacial score (nSPS) is 12.7. The highest BCUT2D eigenvalue weighted by Gasteiger charge is 2.26. The van der Waals surface area contributed by atoms with E-state index in [1.54, 1.807) is 0 Å². The van der Waals surface area contributed by atoms with E-state index >= 15 is 0 Å². The predicted molar refractivity (Wildman–Crippen MR) is 77.3 cm³/mol. The molecule has 0 saturated heterocycles. The third-order valence-corrected chi connectivity index (χ3v) is 3.62. The van der Waals surface area contributed by atoms with Crippen LogP contribution in [-0.2, 0) is 6.42 Å². The van der Waals surface area contributed by atoms with Crippen LogP contribution in [0.25, 0.3) is 5.57 Å². The zero-order chi connectivity index (χ0) is 13.4. The van der Waals surface area contributed by atoms with Crippen molar-refractivity contribution in [2.24, 2.45) is 0 Å². The van der Waals surface area contributed by atoms with Crippen molar-refractivity contribution in [3.05, 3.63) is 82.6 Å². The Morgan fingerprint density at radius 3 is 2.37 bits per heavy atom. The van der Waals surface area contributed by atoms with Gasteiger partial charge in [0, 0.05) is 27.8 Å². The quantitative estimate of drug-likeness (QED) is 0.593. The predicted octanol–water partition coefficient (Wildman–Crippen LogP) is 4.01. The Bertz CT molecular complexity index is 731. The fourth-order valence-corrected chi connectivity index (χ4v) is 2.60. The molecule has 92 valence electrons. The molecule has 0 atom stereocenters. The molecule has 0 unspecified atom stereocenters. The van der Waals surface area contributed by atoms with Crippen LogP contribution in [0.2, 0.25) is 0 Å². The van der Waals surface area contributed by atoms with E-state index in [0.717, 1.165) is 34.2 Å². The van der Waals surface area contributed by atoms with Gasteiger partial charge in [0.25, 0.3) is 0 Å². The summed E-state index contributed by atoms with van der Waals surface area (Å²) in [5.41, 5.74) is 8.54. The van der Waals surface area contributed by atoms with Gasteiger partial charge in [-0.15, -0.1) is 5.73 Å². The van der Waals surface area contributed by atoms with Gasteiger partial charge < -0.3 is 0 Å². The minimum Gasteiger partial charge on any atom is -0.289 e. The van der Waals surface area contributed by atoms with Crippen LogP contribution >= 0.6 is 0 Å². The van der Waals surface area contributed by atoms with E-state index in [1.165, 1.54) is 5.56 Å². The maximum Gasteiger partial charge on any atom is 0.194 e. The first-order valence-corrected chi connectivity index (χ1v) is 6.43. The van der Waals surface area contributed by atoms with Crippen molar-refractivity contribution in [3.63, 3.8) is 0 Å². The van der Waals surface area contributed by atoms with Gasteiger partial charge in [-0.25, -0.2) is 0 Å². The molecule has 2 aromatic carbocycles. The number of hydrogen-bond acceptors (Lipinski definition) is 1. The summed E-state index contributed by atoms with van der Waals surface area (Å²) in [5.74, 6) is 0.0900. The first-order valence-electron chi connectivity index (χ1n) is 6.43. The monoisotopic (exact) mass is 246 g/mol. The average molecular weight is 246 g/mol. The maximum atomic E-state index is 12.5. The van der Waals surface area contributed by atoms with Crippen molar-refractivity contribution < 1.29 is 4.79 Å². The van der Waals surface area contributed by atoms with Crippen LogP contribution in [0.1, 0.15) is 39.5 Å². The molecule has 3 rings (SSSR count). The molecule has 1 heteroatoms. The summed E-state index contributed by atoms with van der Waals surface area (Å²) in [6.07, 6.45) is 0.952. The van der Waals surface area contributed by atoms with Gasteiger partial charge in [-0.3, -0.25) is 4.79 Å². The number of fused-ring (bicyclic) bond motifs is 2. The molecule has 19 heavy (non-hydrogen) atoms. The van der Waals surface area contributed by atoms with Gasteiger partial charge in [0.2, 0.25) is 0 Å². The lowest BCUT2D eigenvalue weighted by molar-refractivity contribution is 0.103. The van der Waals surface area contributed by atoms with Gasteiger partial charge in [0.15, 0.2) is 5.78 Å². The van der Waals surface area contributed by atoms with E-state index < -0.39 is 0 Å². The Labute approximate surface area is 112 Å². The van der Waals surface area contributed by atoms with Crippen molar-refractivity contribution in [1.29, 1.82) is 0 Å². The number of ketones is 1. The standard InChI is InChI=1S/C18H14O/c1-3-12-9-10-16-17(11-12)13(4-2)14-7-5-6-8-15(14)18(16)19/h5-11H,2-3H2,1H3. The van der Waals surface area contributed by atoms with Crippen LogP contribution in [0.4, 0.5) is 0 Å². The van der Waals surface area contributed by atoms with E-state index in [4.69, 9.17) is 0 Å². The van der Waals surface area contributed by atoms with E-state index in [-0.39, 0.29) is 5.78 Å². The summed E-state index contributed by atoms with van der Waals surface area (Å²) in [4.78, 5) is 12.5. The topological polar surface area (TPSA) is 17.1 Å². The Kier molecular flexibility index (Phi) is 2.70. The van der Waals surface area contributed by atoms with Crippen molar-refractivity contribution in [2.45, 2.75) is 13.3 Å². The van der Waals surface area contributed by atoms with Crippen LogP contribution in [0.15, 0.2) is 54.8 Å². The maximum absolute atomic E-state index is 12.5. The van der Waals surface area contributed by atoms with E-state index in [1.807, 2.05) is 36.4 Å². The summed E-state index contributed by atoms with van der Waals surface area (Å²) in [5, 5.41) is 0. The molecule has 0 heterocycles. The lowest BCUT2D eigenvalue weighted by atomic mass is 9.81. The third-order valence-electron chi connectivity index (χ3n) is 3.62. The van der Waals surface area contributed by atoms with Gasteiger partial charge in [-0.2, -0.15) is 0 Å². The number of carbonyl (C=O) groups is 1. The van der Waals surface area contributed by atoms with Gasteiger partial charge in [0.1, 0.15) is 0 Å². The molecule has 0 N–H and O–H groups in total. The van der Waals surface area contributed by atoms with Gasteiger partial charge in [0.05, 0.1) is 0 Å². The molecule has 0 aromatic heterocycles. The smallest absolute Gasteiger partial charge is 0.194 e. The first kappa shape index (κ1) is 11.7. The highest BCUT2D eigenvalue weighted by atomic mass is 16.1. The van der Waals surface area contributed by atoms with Crippen molar-refractivity contribution in [3.8, 4) is 0 Å². The molecule has 1 aliphatic rings. The van der Waals surface area contributed by atoms with Crippen molar-refractivity contribution in [2.75, 3.05) is 0 Å². The minimum absolute atomic E-state index is 0.0900. The lowest BCUT2D eigenvalue weighted by Gasteiger charge is -2.20. The molecule has 2 aromatic rings. The highest BCUT2D eigenvalue weighted by Crippen LogP contribution is 2.35. The average Bonchev–Trinajstić information content (AvgIpc) is 2.47. The number of carbonyl (C=O) groups excluding carboxylic acids is 1. The zero-order valence-electron chi connectivity index (χ0n) is 10.9. The second-order valence-corrected chi connectivity index (χ2v) is 4.66. The van der Waals surface area contributed by atoms with Gasteiger partial charge in [-0.1, -0.05) is 49.9 Å². The largest absolute Gasteiger partial charge is 0.289 e. The van der Waals surface area contributed by atoms with Crippen molar-refractivity contribution >= 4 is 11.4 Å². The first-order chi connectivity index (χ1) is 9.26. The Balaban J connectivity index is 2.34. The lowest BCUT2D eigenvalue weighted by Crippen LogP contribution is -2.14. The highest BCUT2D eigenvalue weighted by molar-refractivity contribution is 6.18. The van der Waals surface area contributed by atoms with Gasteiger partial charge >= 0.3 is 0 Å². The Hall–Kier alpha value is -2.37. The summed E-state index contributed by atoms with van der Waals surface area (Å²) >= 11 is 0. The van der Waals surface area contributed by atoms with E-state index in [2.05, 4.69) is 25.3 Å². The van der Waals surface area contributed by atoms with Crippen LogP contribution in [0.5, 0.6) is 0 Å². The number of aryl methyl sites for hydroxylation is 1. The fraction of sp³-hybridized carbons (Fsp3) is 0.111. The second kappa shape index (κ2) is 4.38. The second-order valence-electron chi connectivity index (χ2n) is 4.66. The summed E-state index contributed by atoms with van der Waals surface area (Å²) in [7, 11) is 0. The Morgan fingerprint density at radius 2 is 1.68 bits per heavy atom. The molecule has 1 nitrogen and oxygen atoms in total. The number of rotatable bonds is 1. The van der Waals surface area contributed by atoms with E-state index in [0.29, 0.717) is 0 Å². The molecule has 0 bridgehead atoms. The fourth-order valence-electron chi connectivity index (χ4n) is 2.60. The minimum atomic E-state index is 0.0900. The molecule has 0 fully saturated rings. The molecule has 0 amide bonds.